The molecule has 1 unspecified atom stereocenters. The summed E-state index contributed by atoms with van der Waals surface area (Å²) in [5.74, 6) is -1.65. The van der Waals surface area contributed by atoms with Crippen molar-refractivity contribution in [3.05, 3.63) is 36.1 Å². The Morgan fingerprint density at radius 3 is 2.81 bits per heavy atom. The monoisotopic (exact) mass is 223 g/mol. The molecule has 0 aliphatic heterocycles. The molecule has 1 rings (SSSR count). The summed E-state index contributed by atoms with van der Waals surface area (Å²) in [5.41, 5.74) is 4.78. The molecular weight excluding hydrogens is 210 g/mol. The Kier molecular flexibility index (Phi) is 3.50. The Hall–Kier alpha value is -2.04. The fourth-order valence-corrected chi connectivity index (χ4v) is 1.42. The van der Waals surface area contributed by atoms with Gasteiger partial charge in [-0.05, 0) is 6.08 Å². The minimum Gasteiger partial charge on any atom is -0.480 e. The molecule has 3 N–H and O–H groups in total. The van der Waals surface area contributed by atoms with Gasteiger partial charge in [0.25, 0.3) is 0 Å². The van der Waals surface area contributed by atoms with Crippen LogP contribution in [0, 0.1) is 5.41 Å². The van der Waals surface area contributed by atoms with Gasteiger partial charge in [-0.2, -0.15) is 0 Å². The SMILES string of the molecule is COC(=O)C=CC1(C(=O)O)C=CC=C(N)C1. The molecule has 0 fully saturated rings. The summed E-state index contributed by atoms with van der Waals surface area (Å²) in [4.78, 5) is 22.1. The summed E-state index contributed by atoms with van der Waals surface area (Å²) in [6, 6.07) is 0. The molecule has 5 heteroatoms. The zero-order chi connectivity index (χ0) is 12.2. The quantitative estimate of drug-likeness (QED) is 0.540. The summed E-state index contributed by atoms with van der Waals surface area (Å²) < 4.78 is 4.40. The highest BCUT2D eigenvalue weighted by Crippen LogP contribution is 2.31. The van der Waals surface area contributed by atoms with Crippen LogP contribution in [-0.4, -0.2) is 24.2 Å². The van der Waals surface area contributed by atoms with E-state index in [2.05, 4.69) is 4.74 Å². The van der Waals surface area contributed by atoms with Crippen molar-refractivity contribution in [3.63, 3.8) is 0 Å². The molecule has 0 radical (unpaired) electrons. The average Bonchev–Trinajstić information content (AvgIpc) is 2.25. The van der Waals surface area contributed by atoms with Crippen LogP contribution < -0.4 is 5.73 Å². The number of aliphatic carboxylic acids is 1. The van der Waals surface area contributed by atoms with E-state index < -0.39 is 17.4 Å². The van der Waals surface area contributed by atoms with Crippen LogP contribution in [0.4, 0.5) is 0 Å². The lowest BCUT2D eigenvalue weighted by Gasteiger charge is -2.24. The Morgan fingerprint density at radius 1 is 1.62 bits per heavy atom. The summed E-state index contributed by atoms with van der Waals surface area (Å²) in [6.07, 6.45) is 7.22. The van der Waals surface area contributed by atoms with Crippen molar-refractivity contribution < 1.29 is 19.4 Å². The number of ether oxygens (including phenoxy) is 1. The third-order valence-electron chi connectivity index (χ3n) is 2.32. The van der Waals surface area contributed by atoms with E-state index in [4.69, 9.17) is 10.8 Å². The van der Waals surface area contributed by atoms with Gasteiger partial charge >= 0.3 is 11.9 Å². The molecule has 0 aromatic rings. The molecule has 0 amide bonds. The maximum Gasteiger partial charge on any atom is 0.330 e. The lowest BCUT2D eigenvalue weighted by atomic mass is 9.80. The number of hydrogen-bond acceptors (Lipinski definition) is 4. The highest BCUT2D eigenvalue weighted by atomic mass is 16.5. The number of carboxylic acids is 1. The number of carboxylic acid groups (broad SMARTS) is 1. The van der Waals surface area contributed by atoms with Gasteiger partial charge in [0.2, 0.25) is 0 Å². The molecule has 0 heterocycles. The van der Waals surface area contributed by atoms with E-state index in [1.54, 1.807) is 12.2 Å². The van der Waals surface area contributed by atoms with Gasteiger partial charge in [-0.1, -0.05) is 18.2 Å². The zero-order valence-electron chi connectivity index (χ0n) is 8.84. The molecular formula is C11H13NO4. The van der Waals surface area contributed by atoms with E-state index in [1.165, 1.54) is 19.3 Å². The predicted molar refractivity (Wildman–Crippen MR) is 57.3 cm³/mol. The Bertz CT molecular complexity index is 395. The molecule has 5 nitrogen and oxygen atoms in total. The molecule has 16 heavy (non-hydrogen) atoms. The number of hydrogen-bond donors (Lipinski definition) is 2. The van der Waals surface area contributed by atoms with Crippen molar-refractivity contribution in [3.8, 4) is 0 Å². The van der Waals surface area contributed by atoms with E-state index in [9.17, 15) is 9.59 Å². The van der Waals surface area contributed by atoms with Gasteiger partial charge in [-0.3, -0.25) is 4.79 Å². The molecule has 1 atom stereocenters. The van der Waals surface area contributed by atoms with Crippen LogP contribution >= 0.6 is 0 Å². The maximum absolute atomic E-state index is 11.2. The average molecular weight is 223 g/mol. The van der Waals surface area contributed by atoms with Gasteiger partial charge in [0.15, 0.2) is 0 Å². The van der Waals surface area contributed by atoms with E-state index in [-0.39, 0.29) is 6.42 Å². The lowest BCUT2D eigenvalue weighted by Crippen LogP contribution is -2.30. The van der Waals surface area contributed by atoms with Crippen LogP contribution in [0.2, 0.25) is 0 Å². The van der Waals surface area contributed by atoms with Crippen molar-refractivity contribution in [1.82, 2.24) is 0 Å². The molecule has 0 aromatic carbocycles. The van der Waals surface area contributed by atoms with Gasteiger partial charge in [0.05, 0.1) is 7.11 Å². The standard InChI is InChI=1S/C11H13NO4/c1-16-9(13)4-6-11(10(14)15)5-2-3-8(12)7-11/h2-6H,7,12H2,1H3,(H,14,15). The zero-order valence-corrected chi connectivity index (χ0v) is 8.84. The molecule has 0 saturated carbocycles. The number of carbonyl (C=O) groups is 2. The molecule has 1 aliphatic carbocycles. The number of allylic oxidation sites excluding steroid dienone is 3. The van der Waals surface area contributed by atoms with Crippen LogP contribution in [0.25, 0.3) is 0 Å². The van der Waals surface area contributed by atoms with E-state index in [1.807, 2.05) is 0 Å². The van der Waals surface area contributed by atoms with Crippen LogP contribution in [0.1, 0.15) is 6.42 Å². The highest BCUT2D eigenvalue weighted by Gasteiger charge is 2.35. The first-order valence-corrected chi connectivity index (χ1v) is 4.64. The normalized spacial score (nSPS) is 24.2. The van der Waals surface area contributed by atoms with Gasteiger partial charge in [-0.15, -0.1) is 0 Å². The smallest absolute Gasteiger partial charge is 0.330 e. The van der Waals surface area contributed by atoms with Gasteiger partial charge in [-0.25, -0.2) is 4.79 Å². The van der Waals surface area contributed by atoms with Crippen LogP contribution in [0.5, 0.6) is 0 Å². The number of methoxy groups -OCH3 is 1. The second kappa shape index (κ2) is 4.65. The fraction of sp³-hybridized carbons (Fsp3) is 0.273. The van der Waals surface area contributed by atoms with Crippen molar-refractivity contribution in [2.24, 2.45) is 11.1 Å². The first-order chi connectivity index (χ1) is 7.50. The first kappa shape index (κ1) is 12.0. The third-order valence-corrected chi connectivity index (χ3v) is 2.32. The molecule has 0 spiro atoms. The summed E-state index contributed by atoms with van der Waals surface area (Å²) >= 11 is 0. The number of esters is 1. The minimum atomic E-state index is -1.26. The maximum atomic E-state index is 11.2. The Balaban J connectivity index is 2.96. The summed E-state index contributed by atoms with van der Waals surface area (Å²) in [7, 11) is 1.23. The van der Waals surface area contributed by atoms with Gasteiger partial charge in [0, 0.05) is 18.2 Å². The second-order valence-electron chi connectivity index (χ2n) is 3.48. The van der Waals surface area contributed by atoms with E-state index in [0.29, 0.717) is 5.70 Å². The van der Waals surface area contributed by atoms with Gasteiger partial charge in [0.1, 0.15) is 5.41 Å². The number of rotatable bonds is 3. The predicted octanol–water partition coefficient (Wildman–Crippen LogP) is 0.589. The van der Waals surface area contributed by atoms with Crippen LogP contribution in [0.15, 0.2) is 36.1 Å². The van der Waals surface area contributed by atoms with E-state index in [0.717, 1.165) is 6.08 Å². The largest absolute Gasteiger partial charge is 0.480 e. The van der Waals surface area contributed by atoms with Crippen molar-refractivity contribution in [1.29, 1.82) is 0 Å². The summed E-state index contributed by atoms with van der Waals surface area (Å²) in [5, 5.41) is 9.15. The highest BCUT2D eigenvalue weighted by molar-refractivity contribution is 5.86. The Labute approximate surface area is 92.9 Å². The first-order valence-electron chi connectivity index (χ1n) is 4.64. The lowest BCUT2D eigenvalue weighted by molar-refractivity contribution is -0.143. The Morgan fingerprint density at radius 2 is 2.31 bits per heavy atom. The third kappa shape index (κ3) is 2.50. The second-order valence-corrected chi connectivity index (χ2v) is 3.48. The van der Waals surface area contributed by atoms with Crippen LogP contribution in [-0.2, 0) is 14.3 Å². The fourth-order valence-electron chi connectivity index (χ4n) is 1.42. The van der Waals surface area contributed by atoms with Crippen molar-refractivity contribution >= 4 is 11.9 Å². The van der Waals surface area contributed by atoms with Crippen LogP contribution in [0.3, 0.4) is 0 Å². The van der Waals surface area contributed by atoms with Crippen molar-refractivity contribution in [2.75, 3.05) is 7.11 Å². The minimum absolute atomic E-state index is 0.145. The number of carbonyl (C=O) groups excluding carboxylic acids is 1. The van der Waals surface area contributed by atoms with E-state index >= 15 is 0 Å². The molecule has 0 saturated heterocycles. The summed E-state index contributed by atoms with van der Waals surface area (Å²) in [6.45, 7) is 0. The number of nitrogens with two attached hydrogens (primary N) is 1. The van der Waals surface area contributed by atoms with Crippen molar-refractivity contribution in [2.45, 2.75) is 6.42 Å². The molecule has 1 aliphatic rings. The molecule has 0 bridgehead atoms. The molecule has 0 aromatic heterocycles. The topological polar surface area (TPSA) is 89.6 Å². The van der Waals surface area contributed by atoms with Gasteiger partial charge < -0.3 is 15.6 Å². The molecule has 86 valence electrons.